The normalized spacial score (nSPS) is 20.2. The molecule has 0 radical (unpaired) electrons. The summed E-state index contributed by atoms with van der Waals surface area (Å²) in [5, 5.41) is 2.88. The highest BCUT2D eigenvalue weighted by molar-refractivity contribution is 7.88. The number of benzene rings is 2. The van der Waals surface area contributed by atoms with Crippen LogP contribution in [-0.4, -0.2) is 54.3 Å². The Labute approximate surface area is 177 Å². The number of carbonyl (C=O) groups excluding carboxylic acids is 2. The van der Waals surface area contributed by atoms with E-state index in [1.54, 1.807) is 6.92 Å². The van der Waals surface area contributed by atoms with Gasteiger partial charge in [0.2, 0.25) is 21.8 Å². The Balaban J connectivity index is 1.91. The first-order valence-electron chi connectivity index (χ1n) is 9.73. The van der Waals surface area contributed by atoms with Crippen LogP contribution < -0.4 is 5.32 Å². The Morgan fingerprint density at radius 3 is 2.37 bits per heavy atom. The summed E-state index contributed by atoms with van der Waals surface area (Å²) in [6.07, 6.45) is 1.06. The van der Waals surface area contributed by atoms with Gasteiger partial charge >= 0.3 is 0 Å². The molecule has 0 unspecified atom stereocenters. The summed E-state index contributed by atoms with van der Waals surface area (Å²) >= 11 is 0. The van der Waals surface area contributed by atoms with Crippen LogP contribution in [0.4, 0.5) is 0 Å². The Hall–Kier alpha value is -2.71. The molecular weight excluding hydrogens is 402 g/mol. The van der Waals surface area contributed by atoms with Crippen LogP contribution >= 0.6 is 0 Å². The van der Waals surface area contributed by atoms with Crippen LogP contribution in [0.15, 0.2) is 54.6 Å². The summed E-state index contributed by atoms with van der Waals surface area (Å²) in [6, 6.07) is 17.1. The maximum atomic E-state index is 13.3. The number of aryl methyl sites for hydroxylation is 1. The molecule has 1 saturated heterocycles. The average Bonchev–Trinajstić information content (AvgIpc) is 2.70. The summed E-state index contributed by atoms with van der Waals surface area (Å²) in [7, 11) is -3.63. The predicted molar refractivity (Wildman–Crippen MR) is 115 cm³/mol. The number of amides is 2. The molecule has 2 aromatic rings. The van der Waals surface area contributed by atoms with Gasteiger partial charge in [-0.25, -0.2) is 8.42 Å². The van der Waals surface area contributed by atoms with Gasteiger partial charge in [-0.1, -0.05) is 54.6 Å². The van der Waals surface area contributed by atoms with Crippen LogP contribution in [-0.2, 0) is 32.7 Å². The van der Waals surface area contributed by atoms with Crippen LogP contribution in [0.3, 0.4) is 0 Å². The molecule has 0 spiro atoms. The van der Waals surface area contributed by atoms with Crippen molar-refractivity contribution in [3.8, 4) is 0 Å². The first kappa shape index (κ1) is 22.0. The molecule has 2 aromatic carbocycles. The molecule has 8 heteroatoms. The number of rotatable bonds is 6. The van der Waals surface area contributed by atoms with Crippen molar-refractivity contribution in [1.82, 2.24) is 14.5 Å². The predicted octanol–water partition coefficient (Wildman–Crippen LogP) is 1.67. The van der Waals surface area contributed by atoms with Gasteiger partial charge in [-0.3, -0.25) is 9.59 Å². The number of hydrogen-bond donors (Lipinski definition) is 1. The third-order valence-electron chi connectivity index (χ3n) is 5.54. The van der Waals surface area contributed by atoms with Crippen molar-refractivity contribution in [3.63, 3.8) is 0 Å². The highest BCUT2D eigenvalue weighted by atomic mass is 32.2. The van der Waals surface area contributed by atoms with Gasteiger partial charge in [0.15, 0.2) is 0 Å². The molecule has 1 fully saturated rings. The first-order valence-corrected chi connectivity index (χ1v) is 11.6. The van der Waals surface area contributed by atoms with E-state index in [1.807, 2.05) is 61.5 Å². The van der Waals surface area contributed by atoms with Gasteiger partial charge < -0.3 is 10.2 Å². The molecule has 1 aliphatic rings. The zero-order valence-electron chi connectivity index (χ0n) is 17.5. The minimum atomic E-state index is -3.63. The zero-order valence-corrected chi connectivity index (χ0v) is 18.3. The Morgan fingerprint density at radius 1 is 1.10 bits per heavy atom. The Kier molecular flexibility index (Phi) is 6.28. The molecule has 0 aromatic heterocycles. The maximum Gasteiger partial charge on any atom is 0.247 e. The van der Waals surface area contributed by atoms with E-state index < -0.39 is 21.5 Å². The van der Waals surface area contributed by atoms with Crippen molar-refractivity contribution < 1.29 is 18.0 Å². The van der Waals surface area contributed by atoms with E-state index in [2.05, 4.69) is 5.32 Å². The lowest BCUT2D eigenvalue weighted by Crippen LogP contribution is -2.69. The number of sulfonamides is 1. The second-order valence-electron chi connectivity index (χ2n) is 7.88. The van der Waals surface area contributed by atoms with Crippen LogP contribution in [0.2, 0.25) is 0 Å². The van der Waals surface area contributed by atoms with Crippen molar-refractivity contribution in [1.29, 1.82) is 0 Å². The molecule has 160 valence electrons. The molecule has 2 amide bonds. The maximum absolute atomic E-state index is 13.3. The quantitative estimate of drug-likeness (QED) is 0.757. The molecule has 7 nitrogen and oxygen atoms in total. The monoisotopic (exact) mass is 429 g/mol. The van der Waals surface area contributed by atoms with E-state index in [0.29, 0.717) is 6.54 Å². The number of carbonyl (C=O) groups is 2. The third-order valence-corrected chi connectivity index (χ3v) is 6.73. The number of hydrogen-bond acceptors (Lipinski definition) is 4. The highest BCUT2D eigenvalue weighted by Crippen LogP contribution is 2.27. The number of piperazine rings is 1. The topological polar surface area (TPSA) is 86.8 Å². The molecule has 1 atom stereocenters. The summed E-state index contributed by atoms with van der Waals surface area (Å²) in [4.78, 5) is 27.8. The number of nitrogens with zero attached hydrogens (tertiary/aromatic N) is 2. The standard InChI is InChI=1S/C22H27N3O4S/c1-17-9-7-8-12-19(17)14-25-20(26)15-24(30(3,28)29)16-22(25,2)21(27)23-13-18-10-5-4-6-11-18/h4-12H,13-16H2,1-3H3,(H,23,27)/t22-/m1/s1. The molecule has 1 N–H and O–H groups in total. The summed E-state index contributed by atoms with van der Waals surface area (Å²) in [5.41, 5.74) is 1.50. The Morgan fingerprint density at radius 2 is 1.73 bits per heavy atom. The van der Waals surface area contributed by atoms with E-state index in [9.17, 15) is 18.0 Å². The van der Waals surface area contributed by atoms with Gasteiger partial charge in [0.25, 0.3) is 0 Å². The van der Waals surface area contributed by atoms with Gasteiger partial charge in [-0.15, -0.1) is 0 Å². The number of nitrogens with one attached hydrogen (secondary N) is 1. The molecule has 3 rings (SSSR count). The smallest absolute Gasteiger partial charge is 0.247 e. The molecule has 0 saturated carbocycles. The van der Waals surface area contributed by atoms with E-state index in [4.69, 9.17) is 0 Å². The fourth-order valence-corrected chi connectivity index (χ4v) is 4.44. The second kappa shape index (κ2) is 8.57. The Bertz CT molecular complexity index is 1040. The van der Waals surface area contributed by atoms with E-state index in [-0.39, 0.29) is 25.5 Å². The second-order valence-corrected chi connectivity index (χ2v) is 9.86. The van der Waals surface area contributed by atoms with Gasteiger partial charge in [-0.05, 0) is 30.5 Å². The summed E-state index contributed by atoms with van der Waals surface area (Å²) < 4.78 is 25.4. The van der Waals surface area contributed by atoms with E-state index in [0.717, 1.165) is 27.3 Å². The van der Waals surface area contributed by atoms with Crippen LogP contribution in [0, 0.1) is 6.92 Å². The van der Waals surface area contributed by atoms with Crippen molar-refractivity contribution in [3.05, 3.63) is 71.3 Å². The van der Waals surface area contributed by atoms with Gasteiger partial charge in [0, 0.05) is 19.6 Å². The van der Waals surface area contributed by atoms with E-state index >= 15 is 0 Å². The molecular formula is C22H27N3O4S. The SMILES string of the molecule is Cc1ccccc1CN1C(=O)CN(S(C)(=O)=O)C[C@]1(C)C(=O)NCc1ccccc1. The van der Waals surface area contributed by atoms with Crippen molar-refractivity contribution in [2.24, 2.45) is 0 Å². The minimum Gasteiger partial charge on any atom is -0.350 e. The van der Waals surface area contributed by atoms with Gasteiger partial charge in [0.05, 0.1) is 12.8 Å². The van der Waals surface area contributed by atoms with Crippen LogP contribution in [0.25, 0.3) is 0 Å². The van der Waals surface area contributed by atoms with Crippen molar-refractivity contribution in [2.75, 3.05) is 19.3 Å². The molecule has 30 heavy (non-hydrogen) atoms. The lowest BCUT2D eigenvalue weighted by molar-refractivity contribution is -0.153. The van der Waals surface area contributed by atoms with Crippen molar-refractivity contribution in [2.45, 2.75) is 32.5 Å². The first-order chi connectivity index (χ1) is 14.1. The fourth-order valence-electron chi connectivity index (χ4n) is 3.61. The van der Waals surface area contributed by atoms with Crippen molar-refractivity contribution >= 4 is 21.8 Å². The molecule has 0 aliphatic carbocycles. The summed E-state index contributed by atoms with van der Waals surface area (Å²) in [6.45, 7) is 3.73. The summed E-state index contributed by atoms with van der Waals surface area (Å²) in [5.74, 6) is -0.783. The molecule has 1 aliphatic heterocycles. The lowest BCUT2D eigenvalue weighted by Gasteiger charge is -2.46. The van der Waals surface area contributed by atoms with Gasteiger partial charge in [0.1, 0.15) is 5.54 Å². The highest BCUT2D eigenvalue weighted by Gasteiger charge is 2.49. The lowest BCUT2D eigenvalue weighted by atomic mass is 9.94. The molecule has 1 heterocycles. The average molecular weight is 430 g/mol. The van der Waals surface area contributed by atoms with E-state index in [1.165, 1.54) is 4.90 Å². The van der Waals surface area contributed by atoms with Crippen LogP contribution in [0.5, 0.6) is 0 Å². The van der Waals surface area contributed by atoms with Gasteiger partial charge in [-0.2, -0.15) is 4.31 Å². The zero-order chi connectivity index (χ0) is 21.9. The fraction of sp³-hybridized carbons (Fsp3) is 0.364. The minimum absolute atomic E-state index is 0.0932. The largest absolute Gasteiger partial charge is 0.350 e. The van der Waals surface area contributed by atoms with Crippen LogP contribution in [0.1, 0.15) is 23.6 Å². The third kappa shape index (κ3) is 4.71. The molecule has 0 bridgehead atoms.